The number of likely N-dealkylation sites (tertiary alicyclic amines) is 1. The van der Waals surface area contributed by atoms with Crippen LogP contribution >= 0.6 is 0 Å². The van der Waals surface area contributed by atoms with Crippen LogP contribution in [0.3, 0.4) is 0 Å². The number of likely N-dealkylation sites (N-methyl/N-ethyl adjacent to an activating group) is 1. The molecule has 0 aromatic carbocycles. The Balaban J connectivity index is 3.18. The Labute approximate surface area is 119 Å². The first-order chi connectivity index (χ1) is 9.47. The highest BCUT2D eigenvalue weighted by molar-refractivity contribution is 6.13. The number of nitrogens with one attached hydrogen (secondary N) is 1. The second-order valence-electron chi connectivity index (χ2n) is 4.49. The van der Waals surface area contributed by atoms with E-state index in [4.69, 9.17) is 0 Å². The quantitative estimate of drug-likeness (QED) is 0.622. The molecule has 1 N–H and O–H groups in total. The number of nitrogens with zero attached hydrogens (tertiary/aromatic N) is 1. The van der Waals surface area contributed by atoms with Gasteiger partial charge in [0.05, 0.1) is 6.42 Å². The van der Waals surface area contributed by atoms with E-state index >= 15 is 0 Å². The number of carbonyl (C=O) groups is 3. The Morgan fingerprint density at radius 2 is 2.15 bits per heavy atom. The molecule has 1 fully saturated rings. The van der Waals surface area contributed by atoms with Gasteiger partial charge < -0.3 is 5.32 Å². The van der Waals surface area contributed by atoms with Crippen molar-refractivity contribution in [1.29, 1.82) is 0 Å². The van der Waals surface area contributed by atoms with Crippen LogP contribution in [-0.2, 0) is 14.4 Å². The van der Waals surface area contributed by atoms with Gasteiger partial charge in [0.25, 0.3) is 5.91 Å². The maximum absolute atomic E-state index is 12.4. The molecule has 5 nitrogen and oxygen atoms in total. The van der Waals surface area contributed by atoms with Gasteiger partial charge in [-0.1, -0.05) is 25.7 Å². The molecule has 0 saturated carbocycles. The van der Waals surface area contributed by atoms with E-state index in [1.807, 2.05) is 6.92 Å². The Morgan fingerprint density at radius 1 is 1.50 bits per heavy atom. The fraction of sp³-hybridized carbons (Fsp3) is 0.400. The Bertz CT molecular complexity index is 503. The van der Waals surface area contributed by atoms with Crippen molar-refractivity contribution >= 4 is 17.7 Å². The van der Waals surface area contributed by atoms with Crippen molar-refractivity contribution in [2.24, 2.45) is 0 Å². The number of piperidine rings is 1. The second-order valence-corrected chi connectivity index (χ2v) is 4.49. The average molecular weight is 276 g/mol. The number of carbonyl (C=O) groups excluding carboxylic acids is 3. The van der Waals surface area contributed by atoms with Gasteiger partial charge in [0.2, 0.25) is 11.8 Å². The molecule has 1 heterocycles. The molecular weight excluding hydrogens is 256 g/mol. The molecule has 1 aliphatic heterocycles. The Hall–Kier alpha value is -2.17. The van der Waals surface area contributed by atoms with Gasteiger partial charge in [0.15, 0.2) is 0 Å². The summed E-state index contributed by atoms with van der Waals surface area (Å²) in [6, 6.07) is -0.776. The highest BCUT2D eigenvalue weighted by Gasteiger charge is 2.38. The van der Waals surface area contributed by atoms with E-state index in [1.54, 1.807) is 25.2 Å². The molecule has 0 radical (unpaired) electrons. The van der Waals surface area contributed by atoms with Crippen LogP contribution < -0.4 is 5.32 Å². The molecule has 20 heavy (non-hydrogen) atoms. The molecule has 3 amide bonds. The van der Waals surface area contributed by atoms with Crippen molar-refractivity contribution in [3.63, 3.8) is 0 Å². The summed E-state index contributed by atoms with van der Waals surface area (Å²) >= 11 is 0. The van der Waals surface area contributed by atoms with E-state index in [-0.39, 0.29) is 18.2 Å². The number of hydrogen-bond donors (Lipinski definition) is 1. The topological polar surface area (TPSA) is 66.5 Å². The van der Waals surface area contributed by atoms with E-state index in [1.165, 1.54) is 7.05 Å². The van der Waals surface area contributed by atoms with Crippen LogP contribution in [0.4, 0.5) is 0 Å². The third-order valence-electron chi connectivity index (χ3n) is 3.17. The maximum Gasteiger partial charge on any atom is 0.261 e. The van der Waals surface area contributed by atoms with Crippen LogP contribution in [0.2, 0.25) is 0 Å². The van der Waals surface area contributed by atoms with Crippen molar-refractivity contribution in [2.75, 3.05) is 7.05 Å². The third kappa shape index (κ3) is 3.04. The van der Waals surface area contributed by atoms with Gasteiger partial charge in [-0.15, -0.1) is 0 Å². The maximum atomic E-state index is 12.4. The van der Waals surface area contributed by atoms with E-state index < -0.39 is 11.9 Å². The molecular formula is C15H20N2O3. The summed E-state index contributed by atoms with van der Waals surface area (Å²) in [5.41, 5.74) is 0.867. The van der Waals surface area contributed by atoms with E-state index in [2.05, 4.69) is 11.9 Å². The van der Waals surface area contributed by atoms with Crippen LogP contribution in [0.1, 0.15) is 26.7 Å². The van der Waals surface area contributed by atoms with E-state index in [0.717, 1.165) is 4.90 Å². The zero-order chi connectivity index (χ0) is 15.3. The largest absolute Gasteiger partial charge is 0.357 e. The molecule has 0 aromatic rings. The Kier molecular flexibility index (Phi) is 5.43. The zero-order valence-corrected chi connectivity index (χ0v) is 12.1. The van der Waals surface area contributed by atoms with Crippen molar-refractivity contribution in [3.05, 3.63) is 36.0 Å². The van der Waals surface area contributed by atoms with Gasteiger partial charge in [0, 0.05) is 12.6 Å². The molecule has 5 heteroatoms. The number of imide groups is 1. The summed E-state index contributed by atoms with van der Waals surface area (Å²) < 4.78 is 0. The zero-order valence-electron chi connectivity index (χ0n) is 12.1. The molecule has 1 unspecified atom stereocenters. The normalized spacial score (nSPS) is 19.9. The van der Waals surface area contributed by atoms with Crippen LogP contribution in [-0.4, -0.2) is 35.7 Å². The molecule has 0 bridgehead atoms. The minimum absolute atomic E-state index is 0.0582. The molecule has 0 aromatic heterocycles. The molecule has 1 rings (SSSR count). The first-order valence-corrected chi connectivity index (χ1v) is 6.57. The fourth-order valence-corrected chi connectivity index (χ4v) is 2.11. The smallest absolute Gasteiger partial charge is 0.261 e. The van der Waals surface area contributed by atoms with Gasteiger partial charge in [0.1, 0.15) is 6.04 Å². The molecule has 0 aliphatic carbocycles. The van der Waals surface area contributed by atoms with Crippen LogP contribution in [0.5, 0.6) is 0 Å². The van der Waals surface area contributed by atoms with Gasteiger partial charge in [-0.25, -0.2) is 0 Å². The minimum atomic E-state index is -0.776. The Morgan fingerprint density at radius 3 is 2.65 bits per heavy atom. The highest BCUT2D eigenvalue weighted by Crippen LogP contribution is 2.25. The van der Waals surface area contributed by atoms with Gasteiger partial charge >= 0.3 is 0 Å². The lowest BCUT2D eigenvalue weighted by molar-refractivity contribution is -0.150. The van der Waals surface area contributed by atoms with Crippen LogP contribution in [0, 0.1) is 0 Å². The summed E-state index contributed by atoms with van der Waals surface area (Å²) in [6.45, 7) is 7.35. The van der Waals surface area contributed by atoms with Crippen molar-refractivity contribution in [2.45, 2.75) is 32.7 Å². The average Bonchev–Trinajstić information content (AvgIpc) is 2.42. The van der Waals surface area contributed by atoms with E-state index in [0.29, 0.717) is 17.6 Å². The predicted octanol–water partition coefficient (Wildman–Crippen LogP) is 1.33. The standard InChI is InChI=1S/C15H20N2O3/c1-5-7-8-11-10(3)9-13(18)17(15(11)20)12(6-2)14(19)16-4/h5,7-8,12H,3,6,9H2,1-2,4H3,(H,16,19)/b7-5-,11-8+. The summed E-state index contributed by atoms with van der Waals surface area (Å²) in [7, 11) is 1.49. The minimum Gasteiger partial charge on any atom is -0.357 e. The summed E-state index contributed by atoms with van der Waals surface area (Å²) in [5, 5.41) is 2.48. The monoisotopic (exact) mass is 276 g/mol. The second kappa shape index (κ2) is 6.84. The first-order valence-electron chi connectivity index (χ1n) is 6.57. The lowest BCUT2D eigenvalue weighted by Gasteiger charge is -2.33. The van der Waals surface area contributed by atoms with Crippen molar-refractivity contribution in [3.8, 4) is 0 Å². The van der Waals surface area contributed by atoms with Crippen LogP contribution in [0.15, 0.2) is 36.0 Å². The van der Waals surface area contributed by atoms with E-state index in [9.17, 15) is 14.4 Å². The molecule has 1 saturated heterocycles. The lowest BCUT2D eigenvalue weighted by Crippen LogP contribution is -2.54. The predicted molar refractivity (Wildman–Crippen MR) is 76.7 cm³/mol. The lowest BCUT2D eigenvalue weighted by atomic mass is 9.95. The SMILES string of the molecule is C=C1CC(=O)N(C(CC)C(=O)NC)C(=O)/C1=C/C=C\C. The van der Waals surface area contributed by atoms with Gasteiger partial charge in [-0.3, -0.25) is 19.3 Å². The molecule has 1 atom stereocenters. The highest BCUT2D eigenvalue weighted by atomic mass is 16.2. The number of amides is 3. The molecule has 0 spiro atoms. The number of allylic oxidation sites excluding steroid dienone is 3. The molecule has 108 valence electrons. The molecule has 1 aliphatic rings. The summed E-state index contributed by atoms with van der Waals surface area (Å²) in [6.07, 6.45) is 5.56. The van der Waals surface area contributed by atoms with Crippen molar-refractivity contribution in [1.82, 2.24) is 10.2 Å². The van der Waals surface area contributed by atoms with Crippen molar-refractivity contribution < 1.29 is 14.4 Å². The summed E-state index contributed by atoms with van der Waals surface area (Å²) in [4.78, 5) is 37.4. The summed E-state index contributed by atoms with van der Waals surface area (Å²) in [5.74, 6) is -1.18. The number of rotatable bonds is 4. The van der Waals surface area contributed by atoms with Crippen LogP contribution in [0.25, 0.3) is 0 Å². The first kappa shape index (κ1) is 15.9. The fourth-order valence-electron chi connectivity index (χ4n) is 2.11. The van der Waals surface area contributed by atoms with Gasteiger partial charge in [-0.2, -0.15) is 0 Å². The third-order valence-corrected chi connectivity index (χ3v) is 3.17. The van der Waals surface area contributed by atoms with Gasteiger partial charge in [-0.05, 0) is 25.0 Å². The number of hydrogen-bond acceptors (Lipinski definition) is 3.